The van der Waals surface area contributed by atoms with Gasteiger partial charge >= 0.3 is 6.18 Å². The van der Waals surface area contributed by atoms with Crippen molar-refractivity contribution in [2.24, 2.45) is 0 Å². The lowest BCUT2D eigenvalue weighted by atomic mass is 9.95. The van der Waals surface area contributed by atoms with Crippen molar-refractivity contribution < 1.29 is 13.2 Å². The van der Waals surface area contributed by atoms with E-state index >= 15 is 0 Å². The van der Waals surface area contributed by atoms with Gasteiger partial charge in [0.1, 0.15) is 11.6 Å². The first-order valence-corrected chi connectivity index (χ1v) is 15.1. The number of aryl methyl sites for hydroxylation is 3. The Morgan fingerprint density at radius 2 is 1.70 bits per heavy atom. The first-order valence-electron chi connectivity index (χ1n) is 15.1. The van der Waals surface area contributed by atoms with E-state index in [1.165, 1.54) is 23.2 Å². The topological polar surface area (TPSA) is 81.4 Å². The number of aromatic nitrogens is 4. The van der Waals surface area contributed by atoms with Gasteiger partial charge in [-0.15, -0.1) is 12.8 Å². The zero-order valence-corrected chi connectivity index (χ0v) is 24.6. The molecule has 1 saturated heterocycles. The molecule has 3 heterocycles. The number of fused-ring (bicyclic) bond motifs is 3. The zero-order chi connectivity index (χ0) is 30.4. The summed E-state index contributed by atoms with van der Waals surface area (Å²) in [4.78, 5) is 16.5. The van der Waals surface area contributed by atoms with Gasteiger partial charge in [0.15, 0.2) is 0 Å². The standard InChI is InChI=1S/C32H37F3N6.C2H2/c1-2-16-36-19-28-38-26(14-15-32(33,34)35)29(40-28)21-10-8-20(9-11-21)22-12-13-24-23(18-22)5-3-6-25-30(24)41-31(39-25)27-7-4-17-37-27;1-2/h8-13,18,27,36-37H,2-7,14-17,19H2,1H3,(H,38,40)(H,39,41);1-2H/t27-;/m0./s1. The van der Waals surface area contributed by atoms with Crippen LogP contribution in [0, 0.1) is 12.8 Å². The minimum Gasteiger partial charge on any atom is -0.344 e. The normalized spacial score (nSPS) is 16.2. The predicted octanol–water partition coefficient (Wildman–Crippen LogP) is 7.29. The van der Waals surface area contributed by atoms with E-state index in [9.17, 15) is 13.2 Å². The fraction of sp³-hybridized carbons (Fsp3) is 0.412. The first kappa shape index (κ1) is 30.6. The van der Waals surface area contributed by atoms with Crippen molar-refractivity contribution in [3.8, 4) is 46.5 Å². The number of hydrogen-bond acceptors (Lipinski definition) is 4. The fourth-order valence-electron chi connectivity index (χ4n) is 6.02. The molecule has 4 aromatic rings. The SMILES string of the molecule is C#C.CCCNCc1nc(-c2ccc(-c3ccc4c(c3)CCCc3[nH]c([C@@H]5CCCN5)nc3-4)cc2)c(CCC(F)(F)F)[nH]1. The number of H-pyrrole nitrogens is 2. The molecular weight excluding hydrogens is 549 g/mol. The molecule has 6 rings (SSSR count). The number of imidazole rings is 2. The molecule has 9 heteroatoms. The summed E-state index contributed by atoms with van der Waals surface area (Å²) in [6.07, 6.45) is 9.10. The highest BCUT2D eigenvalue weighted by molar-refractivity contribution is 5.75. The molecule has 0 unspecified atom stereocenters. The molecule has 0 amide bonds. The van der Waals surface area contributed by atoms with Gasteiger partial charge in [-0.1, -0.05) is 49.4 Å². The molecule has 0 saturated carbocycles. The molecule has 43 heavy (non-hydrogen) atoms. The van der Waals surface area contributed by atoms with Gasteiger partial charge in [-0.25, -0.2) is 9.97 Å². The lowest BCUT2D eigenvalue weighted by Crippen LogP contribution is -2.14. The smallest absolute Gasteiger partial charge is 0.344 e. The van der Waals surface area contributed by atoms with Crippen LogP contribution >= 0.6 is 0 Å². The third-order valence-corrected chi connectivity index (χ3v) is 8.12. The summed E-state index contributed by atoms with van der Waals surface area (Å²) in [5, 5.41) is 6.82. The monoisotopic (exact) mass is 588 g/mol. The van der Waals surface area contributed by atoms with Crippen molar-refractivity contribution in [2.75, 3.05) is 13.1 Å². The van der Waals surface area contributed by atoms with Gasteiger partial charge in [0.25, 0.3) is 0 Å². The highest BCUT2D eigenvalue weighted by Crippen LogP contribution is 2.36. The second-order valence-electron chi connectivity index (χ2n) is 11.2. The number of halogens is 3. The predicted molar refractivity (Wildman–Crippen MR) is 165 cm³/mol. The van der Waals surface area contributed by atoms with E-state index in [1.54, 1.807) is 0 Å². The van der Waals surface area contributed by atoms with Crippen LogP contribution in [0.25, 0.3) is 33.6 Å². The van der Waals surface area contributed by atoms with Gasteiger partial charge < -0.3 is 20.6 Å². The molecule has 2 aliphatic rings. The van der Waals surface area contributed by atoms with Crippen LogP contribution < -0.4 is 10.6 Å². The number of hydrogen-bond donors (Lipinski definition) is 4. The van der Waals surface area contributed by atoms with Gasteiger partial charge in [-0.05, 0) is 74.7 Å². The molecule has 226 valence electrons. The van der Waals surface area contributed by atoms with E-state index in [0.717, 1.165) is 73.4 Å². The van der Waals surface area contributed by atoms with Crippen molar-refractivity contribution in [1.29, 1.82) is 0 Å². The number of alkyl halides is 3. The minimum absolute atomic E-state index is 0.125. The maximum absolute atomic E-state index is 13.0. The fourth-order valence-corrected chi connectivity index (χ4v) is 6.02. The number of benzene rings is 2. The van der Waals surface area contributed by atoms with Crippen LogP contribution in [-0.2, 0) is 25.8 Å². The van der Waals surface area contributed by atoms with Crippen molar-refractivity contribution in [3.63, 3.8) is 0 Å². The Hall–Kier alpha value is -3.87. The van der Waals surface area contributed by atoms with Crippen LogP contribution in [0.1, 0.15) is 73.7 Å². The Morgan fingerprint density at radius 3 is 2.42 bits per heavy atom. The van der Waals surface area contributed by atoms with E-state index in [0.29, 0.717) is 29.8 Å². The van der Waals surface area contributed by atoms with Gasteiger partial charge in [0.2, 0.25) is 0 Å². The number of rotatable bonds is 9. The van der Waals surface area contributed by atoms with Crippen LogP contribution in [0.2, 0.25) is 0 Å². The Kier molecular flexibility index (Phi) is 9.69. The quantitative estimate of drug-likeness (QED) is 0.122. The van der Waals surface area contributed by atoms with E-state index in [2.05, 4.69) is 63.6 Å². The Labute approximate surface area is 251 Å². The summed E-state index contributed by atoms with van der Waals surface area (Å²) in [5.41, 5.74) is 8.93. The average molecular weight is 589 g/mol. The van der Waals surface area contributed by atoms with Crippen LogP contribution in [0.4, 0.5) is 13.2 Å². The highest BCUT2D eigenvalue weighted by Gasteiger charge is 2.28. The van der Waals surface area contributed by atoms with E-state index in [1.807, 2.05) is 24.3 Å². The number of nitrogens with zero attached hydrogens (tertiary/aromatic N) is 2. The molecule has 2 aromatic carbocycles. The average Bonchev–Trinajstić information content (AvgIpc) is 3.76. The third-order valence-electron chi connectivity index (χ3n) is 8.12. The molecule has 0 radical (unpaired) electrons. The van der Waals surface area contributed by atoms with Crippen molar-refractivity contribution >= 4 is 0 Å². The molecule has 4 N–H and O–H groups in total. The van der Waals surface area contributed by atoms with Crippen LogP contribution in [0.5, 0.6) is 0 Å². The third kappa shape index (κ3) is 7.20. The van der Waals surface area contributed by atoms with Gasteiger partial charge in [-0.3, -0.25) is 0 Å². The Morgan fingerprint density at radius 1 is 0.930 bits per heavy atom. The Balaban J connectivity index is 0.00000180. The molecule has 1 fully saturated rings. The zero-order valence-electron chi connectivity index (χ0n) is 24.6. The van der Waals surface area contributed by atoms with Crippen molar-refractivity contribution in [3.05, 3.63) is 71.1 Å². The van der Waals surface area contributed by atoms with Crippen LogP contribution in [0.15, 0.2) is 42.5 Å². The van der Waals surface area contributed by atoms with Crippen LogP contribution in [-0.4, -0.2) is 39.2 Å². The Bertz CT molecular complexity index is 1520. The van der Waals surface area contributed by atoms with Crippen molar-refractivity contribution in [1.82, 2.24) is 30.6 Å². The number of nitrogens with one attached hydrogen (secondary N) is 4. The van der Waals surface area contributed by atoms with E-state index in [4.69, 9.17) is 4.98 Å². The molecule has 0 spiro atoms. The summed E-state index contributed by atoms with van der Waals surface area (Å²) in [7, 11) is 0. The molecule has 1 aliphatic carbocycles. The molecule has 6 nitrogen and oxygen atoms in total. The number of terminal acetylenes is 1. The summed E-state index contributed by atoms with van der Waals surface area (Å²) >= 11 is 0. The summed E-state index contributed by atoms with van der Waals surface area (Å²) in [6.45, 7) is 4.43. The second kappa shape index (κ2) is 13.6. The summed E-state index contributed by atoms with van der Waals surface area (Å²) in [5.74, 6) is 1.71. The number of aromatic amines is 2. The van der Waals surface area contributed by atoms with E-state index < -0.39 is 12.6 Å². The van der Waals surface area contributed by atoms with E-state index in [-0.39, 0.29) is 6.42 Å². The maximum atomic E-state index is 13.0. The van der Waals surface area contributed by atoms with Crippen molar-refractivity contribution in [2.45, 2.75) is 77.1 Å². The molecule has 2 aromatic heterocycles. The minimum atomic E-state index is -4.22. The lowest BCUT2D eigenvalue weighted by molar-refractivity contribution is -0.134. The summed E-state index contributed by atoms with van der Waals surface area (Å²) in [6, 6.07) is 14.9. The van der Waals surface area contributed by atoms with Gasteiger partial charge in [-0.2, -0.15) is 13.2 Å². The molecule has 0 bridgehead atoms. The van der Waals surface area contributed by atoms with Gasteiger partial charge in [0.05, 0.1) is 24.0 Å². The maximum Gasteiger partial charge on any atom is 0.389 e. The molecule has 1 atom stereocenters. The van der Waals surface area contributed by atoms with Gasteiger partial charge in [0, 0.05) is 28.9 Å². The largest absolute Gasteiger partial charge is 0.389 e. The first-order chi connectivity index (χ1) is 20.9. The molecule has 1 aliphatic heterocycles. The second-order valence-corrected chi connectivity index (χ2v) is 11.2. The summed E-state index contributed by atoms with van der Waals surface area (Å²) < 4.78 is 39.0. The highest BCUT2D eigenvalue weighted by atomic mass is 19.4. The van der Waals surface area contributed by atoms with Crippen LogP contribution in [0.3, 0.4) is 0 Å². The molecular formula is C34H39F3N6. The lowest BCUT2D eigenvalue weighted by Gasteiger charge is -2.11.